The van der Waals surface area contributed by atoms with Gasteiger partial charge in [-0.05, 0) is 39.9 Å². The van der Waals surface area contributed by atoms with Crippen LogP contribution in [0.1, 0.15) is 36.0 Å². The summed E-state index contributed by atoms with van der Waals surface area (Å²) in [6.07, 6.45) is 2.53. The van der Waals surface area contributed by atoms with Crippen molar-refractivity contribution in [2.75, 3.05) is 26.7 Å². The first kappa shape index (κ1) is 16.8. The van der Waals surface area contributed by atoms with Crippen molar-refractivity contribution in [1.29, 1.82) is 0 Å². The Morgan fingerprint density at radius 3 is 2.53 bits per heavy atom. The summed E-state index contributed by atoms with van der Waals surface area (Å²) in [4.78, 5) is 7.27. The molecule has 6 heteroatoms. The van der Waals surface area contributed by atoms with Crippen LogP contribution in [0.15, 0.2) is 0 Å². The fourth-order valence-corrected chi connectivity index (χ4v) is 3.12. The lowest BCUT2D eigenvalue weighted by Gasteiger charge is -2.29. The van der Waals surface area contributed by atoms with E-state index in [1.807, 2.05) is 0 Å². The first-order valence-corrected chi connectivity index (χ1v) is 6.71. The van der Waals surface area contributed by atoms with Gasteiger partial charge in [0, 0.05) is 25.6 Å². The molecule has 2 aliphatic rings. The molecule has 0 spiro atoms. The number of hydrogen-bond acceptors (Lipinski definition) is 3. The Hall–Kier alpha value is -0.290. The van der Waals surface area contributed by atoms with Crippen LogP contribution in [0, 0.1) is 6.92 Å². The number of nitrogens with one attached hydrogen (secondary N) is 1. The Morgan fingerprint density at radius 2 is 1.84 bits per heavy atom. The molecule has 3 heterocycles. The van der Waals surface area contributed by atoms with Crippen molar-refractivity contribution >= 4 is 24.8 Å². The van der Waals surface area contributed by atoms with Gasteiger partial charge < -0.3 is 14.8 Å². The van der Waals surface area contributed by atoms with Crippen molar-refractivity contribution in [3.63, 3.8) is 0 Å². The molecule has 0 atom stereocenters. The van der Waals surface area contributed by atoms with Gasteiger partial charge in [-0.25, -0.2) is 4.98 Å². The average Bonchev–Trinajstić information content (AvgIpc) is 2.69. The number of piperidine rings is 1. The van der Waals surface area contributed by atoms with E-state index in [0.29, 0.717) is 5.92 Å². The smallest absolute Gasteiger partial charge is 0.106 e. The largest absolute Gasteiger partial charge is 0.330 e. The van der Waals surface area contributed by atoms with Gasteiger partial charge in [0.05, 0.1) is 11.4 Å². The highest BCUT2D eigenvalue weighted by atomic mass is 35.5. The van der Waals surface area contributed by atoms with Crippen molar-refractivity contribution in [3.05, 3.63) is 17.2 Å². The third kappa shape index (κ3) is 3.24. The third-order valence-corrected chi connectivity index (χ3v) is 4.20. The summed E-state index contributed by atoms with van der Waals surface area (Å²) in [5.74, 6) is 1.89. The zero-order valence-electron chi connectivity index (χ0n) is 11.7. The lowest BCUT2D eigenvalue weighted by Crippen LogP contribution is -2.32. The highest BCUT2D eigenvalue weighted by Crippen LogP contribution is 2.30. The van der Waals surface area contributed by atoms with Gasteiger partial charge in [-0.1, -0.05) is 0 Å². The van der Waals surface area contributed by atoms with E-state index in [1.54, 1.807) is 0 Å². The second kappa shape index (κ2) is 6.93. The second-order valence-corrected chi connectivity index (χ2v) is 5.40. The molecule has 0 bridgehead atoms. The molecule has 3 rings (SSSR count). The fourth-order valence-electron chi connectivity index (χ4n) is 3.12. The molecule has 1 fully saturated rings. The molecule has 0 unspecified atom stereocenters. The number of imidazole rings is 1. The van der Waals surface area contributed by atoms with Gasteiger partial charge in [0.25, 0.3) is 0 Å². The van der Waals surface area contributed by atoms with Crippen LogP contribution in [0.3, 0.4) is 0 Å². The molecule has 110 valence electrons. The summed E-state index contributed by atoms with van der Waals surface area (Å²) in [5, 5.41) is 3.47. The minimum atomic E-state index is 0. The average molecular weight is 307 g/mol. The van der Waals surface area contributed by atoms with E-state index < -0.39 is 0 Å². The molecule has 1 aromatic rings. The van der Waals surface area contributed by atoms with Crippen molar-refractivity contribution in [2.24, 2.45) is 0 Å². The third-order valence-electron chi connectivity index (χ3n) is 4.20. The first-order valence-electron chi connectivity index (χ1n) is 6.71. The number of rotatable bonds is 1. The van der Waals surface area contributed by atoms with Crippen molar-refractivity contribution in [1.82, 2.24) is 19.8 Å². The summed E-state index contributed by atoms with van der Waals surface area (Å²) >= 11 is 0. The van der Waals surface area contributed by atoms with E-state index in [1.165, 1.54) is 43.1 Å². The quantitative estimate of drug-likeness (QED) is 0.861. The van der Waals surface area contributed by atoms with Crippen LogP contribution in [-0.2, 0) is 13.1 Å². The topological polar surface area (TPSA) is 33.1 Å². The highest BCUT2D eigenvalue weighted by molar-refractivity contribution is 5.85. The van der Waals surface area contributed by atoms with E-state index in [4.69, 9.17) is 4.98 Å². The van der Waals surface area contributed by atoms with Gasteiger partial charge in [-0.15, -0.1) is 24.8 Å². The molecule has 0 radical (unpaired) electrons. The molecule has 1 N–H and O–H groups in total. The Morgan fingerprint density at radius 1 is 1.16 bits per heavy atom. The predicted molar refractivity (Wildman–Crippen MR) is 82.6 cm³/mol. The summed E-state index contributed by atoms with van der Waals surface area (Å²) in [5.41, 5.74) is 2.83. The van der Waals surface area contributed by atoms with E-state index in [0.717, 1.165) is 19.6 Å². The number of hydrogen-bond donors (Lipinski definition) is 1. The minimum Gasteiger partial charge on any atom is -0.330 e. The Kier molecular flexibility index (Phi) is 6.12. The number of nitrogens with zero attached hydrogens (tertiary/aromatic N) is 3. The number of likely N-dealkylation sites (tertiary alicyclic amines) is 1. The molecule has 4 nitrogen and oxygen atoms in total. The second-order valence-electron chi connectivity index (χ2n) is 5.40. The van der Waals surface area contributed by atoms with E-state index >= 15 is 0 Å². The molecular formula is C13H24Cl2N4. The van der Waals surface area contributed by atoms with Gasteiger partial charge in [0.2, 0.25) is 0 Å². The highest BCUT2D eigenvalue weighted by Gasteiger charge is 2.26. The number of fused-ring (bicyclic) bond motifs is 1. The standard InChI is InChI=1S/C13H22N4.2ClH/c1-10-15-13(11-3-6-16(2)7-4-11)12-9-14-5-8-17(10)12;;/h11,14H,3-9H2,1-2H3;2*1H. The number of aryl methyl sites for hydroxylation is 1. The normalized spacial score (nSPS) is 20.3. The van der Waals surface area contributed by atoms with E-state index in [-0.39, 0.29) is 24.8 Å². The molecule has 0 amide bonds. The monoisotopic (exact) mass is 306 g/mol. The minimum absolute atomic E-state index is 0. The van der Waals surface area contributed by atoms with Crippen molar-refractivity contribution < 1.29 is 0 Å². The summed E-state index contributed by atoms with van der Waals surface area (Å²) in [6, 6.07) is 0. The Bertz CT molecular complexity index is 411. The van der Waals surface area contributed by atoms with Crippen LogP contribution >= 0.6 is 24.8 Å². The van der Waals surface area contributed by atoms with E-state index in [2.05, 4.69) is 28.8 Å². The van der Waals surface area contributed by atoms with Crippen LogP contribution in [0.5, 0.6) is 0 Å². The van der Waals surface area contributed by atoms with Gasteiger partial charge in [-0.3, -0.25) is 0 Å². The van der Waals surface area contributed by atoms with Crippen molar-refractivity contribution in [2.45, 2.75) is 38.8 Å². The number of halogens is 2. The summed E-state index contributed by atoms with van der Waals surface area (Å²) in [6.45, 7) is 7.74. The molecule has 0 aliphatic carbocycles. The van der Waals surface area contributed by atoms with E-state index in [9.17, 15) is 0 Å². The molecule has 2 aliphatic heterocycles. The fraction of sp³-hybridized carbons (Fsp3) is 0.769. The maximum absolute atomic E-state index is 4.85. The molecule has 19 heavy (non-hydrogen) atoms. The van der Waals surface area contributed by atoms with Gasteiger partial charge >= 0.3 is 0 Å². The maximum atomic E-state index is 4.85. The molecule has 0 saturated carbocycles. The van der Waals surface area contributed by atoms with Gasteiger partial charge in [0.1, 0.15) is 5.82 Å². The Labute approximate surface area is 127 Å². The number of aromatic nitrogens is 2. The maximum Gasteiger partial charge on any atom is 0.106 e. The summed E-state index contributed by atoms with van der Waals surface area (Å²) in [7, 11) is 2.21. The Balaban J connectivity index is 0.000000902. The molecular weight excluding hydrogens is 283 g/mol. The first-order chi connectivity index (χ1) is 8.25. The SMILES string of the molecule is Cc1nc(C2CCN(C)CC2)c2n1CCNC2.Cl.Cl. The molecule has 1 aromatic heterocycles. The van der Waals surface area contributed by atoms with Crippen LogP contribution in [0.4, 0.5) is 0 Å². The van der Waals surface area contributed by atoms with Crippen LogP contribution in [-0.4, -0.2) is 41.1 Å². The van der Waals surface area contributed by atoms with Gasteiger partial charge in [-0.2, -0.15) is 0 Å². The molecule has 1 saturated heterocycles. The van der Waals surface area contributed by atoms with Crippen LogP contribution < -0.4 is 5.32 Å². The van der Waals surface area contributed by atoms with Crippen LogP contribution in [0.2, 0.25) is 0 Å². The molecule has 0 aromatic carbocycles. The lowest BCUT2D eigenvalue weighted by atomic mass is 9.92. The van der Waals surface area contributed by atoms with Crippen molar-refractivity contribution in [3.8, 4) is 0 Å². The van der Waals surface area contributed by atoms with Crippen LogP contribution in [0.25, 0.3) is 0 Å². The lowest BCUT2D eigenvalue weighted by molar-refractivity contribution is 0.252. The zero-order chi connectivity index (χ0) is 11.8. The predicted octanol–water partition coefficient (Wildman–Crippen LogP) is 1.95. The van der Waals surface area contributed by atoms with Gasteiger partial charge in [0.15, 0.2) is 0 Å². The zero-order valence-corrected chi connectivity index (χ0v) is 13.3. The summed E-state index contributed by atoms with van der Waals surface area (Å²) < 4.78 is 2.41.